The highest BCUT2D eigenvalue weighted by Gasteiger charge is 2.10. The van der Waals surface area contributed by atoms with Crippen molar-refractivity contribution in [3.05, 3.63) is 34.9 Å². The molecule has 0 aliphatic heterocycles. The van der Waals surface area contributed by atoms with Gasteiger partial charge in [0.05, 0.1) is 6.61 Å². The van der Waals surface area contributed by atoms with Crippen molar-refractivity contribution < 1.29 is 4.74 Å². The van der Waals surface area contributed by atoms with Gasteiger partial charge in [-0.15, -0.1) is 0 Å². The van der Waals surface area contributed by atoms with Crippen LogP contribution >= 0.6 is 11.6 Å². The first-order valence-corrected chi connectivity index (χ1v) is 7.52. The van der Waals surface area contributed by atoms with Crippen molar-refractivity contribution in [2.75, 3.05) is 26.3 Å². The van der Waals surface area contributed by atoms with Crippen molar-refractivity contribution >= 4 is 11.6 Å². The third-order valence-electron chi connectivity index (χ3n) is 2.96. The van der Waals surface area contributed by atoms with E-state index in [1.165, 1.54) is 5.56 Å². The number of halogens is 1. The average molecular weight is 284 g/mol. The number of hydrogen-bond donors (Lipinski definition) is 1. The number of nitrogens with one attached hydrogen (secondary N) is 1. The molecule has 0 aliphatic rings. The Kier molecular flexibility index (Phi) is 8.11. The number of benzene rings is 1. The largest absolute Gasteiger partial charge is 0.381 e. The molecule has 1 N–H and O–H groups in total. The second kappa shape index (κ2) is 9.35. The molecule has 0 spiro atoms. The molecule has 3 heteroatoms. The monoisotopic (exact) mass is 283 g/mol. The quantitative estimate of drug-likeness (QED) is 0.745. The van der Waals surface area contributed by atoms with Crippen molar-refractivity contribution in [2.24, 2.45) is 11.8 Å². The van der Waals surface area contributed by atoms with Crippen LogP contribution in [-0.2, 0) is 11.2 Å². The Morgan fingerprint density at radius 1 is 1.26 bits per heavy atom. The maximum Gasteiger partial charge on any atom is 0.0509 e. The van der Waals surface area contributed by atoms with Gasteiger partial charge in [0, 0.05) is 18.2 Å². The molecule has 0 aliphatic carbocycles. The Labute approximate surface area is 122 Å². The SMILES string of the molecule is CCOCC(CNCC(C)C)Cc1cccc(Cl)c1. The van der Waals surface area contributed by atoms with E-state index in [1.54, 1.807) is 0 Å². The molecule has 0 heterocycles. The minimum atomic E-state index is 0.497. The van der Waals surface area contributed by atoms with E-state index in [4.69, 9.17) is 16.3 Å². The molecule has 108 valence electrons. The van der Waals surface area contributed by atoms with Gasteiger partial charge in [-0.2, -0.15) is 0 Å². The van der Waals surface area contributed by atoms with Gasteiger partial charge in [0.1, 0.15) is 0 Å². The molecule has 0 fully saturated rings. The predicted molar refractivity (Wildman–Crippen MR) is 82.8 cm³/mol. The molecule has 0 radical (unpaired) electrons. The molecule has 0 saturated heterocycles. The first kappa shape index (κ1) is 16.5. The van der Waals surface area contributed by atoms with Gasteiger partial charge in [0.25, 0.3) is 0 Å². The van der Waals surface area contributed by atoms with Crippen LogP contribution in [0.1, 0.15) is 26.3 Å². The summed E-state index contributed by atoms with van der Waals surface area (Å²) in [4.78, 5) is 0. The molecular weight excluding hydrogens is 258 g/mol. The van der Waals surface area contributed by atoms with Crippen LogP contribution in [0, 0.1) is 11.8 Å². The number of rotatable bonds is 9. The van der Waals surface area contributed by atoms with Crippen molar-refractivity contribution in [3.8, 4) is 0 Å². The molecule has 0 aromatic heterocycles. The molecule has 2 nitrogen and oxygen atoms in total. The van der Waals surface area contributed by atoms with Crippen LogP contribution in [-0.4, -0.2) is 26.3 Å². The minimum absolute atomic E-state index is 0.497. The van der Waals surface area contributed by atoms with Crippen molar-refractivity contribution in [3.63, 3.8) is 0 Å². The maximum absolute atomic E-state index is 6.03. The number of ether oxygens (including phenoxy) is 1. The zero-order valence-electron chi connectivity index (χ0n) is 12.3. The van der Waals surface area contributed by atoms with E-state index in [-0.39, 0.29) is 0 Å². The van der Waals surface area contributed by atoms with Crippen molar-refractivity contribution in [2.45, 2.75) is 27.2 Å². The second-order valence-electron chi connectivity index (χ2n) is 5.41. The lowest BCUT2D eigenvalue weighted by Crippen LogP contribution is -2.30. The summed E-state index contributed by atoms with van der Waals surface area (Å²) < 4.78 is 5.58. The van der Waals surface area contributed by atoms with Gasteiger partial charge in [-0.25, -0.2) is 0 Å². The van der Waals surface area contributed by atoms with Crippen LogP contribution in [0.25, 0.3) is 0 Å². The lowest BCUT2D eigenvalue weighted by molar-refractivity contribution is 0.109. The highest BCUT2D eigenvalue weighted by molar-refractivity contribution is 6.30. The predicted octanol–water partition coefficient (Wildman–Crippen LogP) is 3.78. The molecule has 0 bridgehead atoms. The van der Waals surface area contributed by atoms with Crippen LogP contribution in [0.3, 0.4) is 0 Å². The van der Waals surface area contributed by atoms with E-state index in [2.05, 4.69) is 25.2 Å². The topological polar surface area (TPSA) is 21.3 Å². The van der Waals surface area contributed by atoms with Crippen LogP contribution in [0.2, 0.25) is 5.02 Å². The van der Waals surface area contributed by atoms with Gasteiger partial charge >= 0.3 is 0 Å². The number of hydrogen-bond acceptors (Lipinski definition) is 2. The van der Waals surface area contributed by atoms with Crippen LogP contribution in [0.5, 0.6) is 0 Å². The van der Waals surface area contributed by atoms with Crippen molar-refractivity contribution in [1.29, 1.82) is 0 Å². The summed E-state index contributed by atoms with van der Waals surface area (Å²) in [6, 6.07) is 8.10. The van der Waals surface area contributed by atoms with E-state index in [0.717, 1.165) is 37.7 Å². The normalized spacial score (nSPS) is 12.9. The van der Waals surface area contributed by atoms with E-state index < -0.39 is 0 Å². The lowest BCUT2D eigenvalue weighted by atomic mass is 10.00. The maximum atomic E-state index is 6.03. The van der Waals surface area contributed by atoms with Gasteiger partial charge in [-0.3, -0.25) is 0 Å². The van der Waals surface area contributed by atoms with Gasteiger partial charge in [0.2, 0.25) is 0 Å². The highest BCUT2D eigenvalue weighted by atomic mass is 35.5. The summed E-state index contributed by atoms with van der Waals surface area (Å²) in [5.74, 6) is 1.18. The molecular formula is C16H26ClNO. The Bertz CT molecular complexity index is 354. The van der Waals surface area contributed by atoms with E-state index in [9.17, 15) is 0 Å². The van der Waals surface area contributed by atoms with E-state index in [0.29, 0.717) is 11.8 Å². The molecule has 1 aromatic carbocycles. The van der Waals surface area contributed by atoms with Gasteiger partial charge in [-0.1, -0.05) is 37.6 Å². The van der Waals surface area contributed by atoms with Crippen LogP contribution < -0.4 is 5.32 Å². The van der Waals surface area contributed by atoms with Gasteiger partial charge < -0.3 is 10.1 Å². The zero-order chi connectivity index (χ0) is 14.1. The van der Waals surface area contributed by atoms with Crippen LogP contribution in [0.15, 0.2) is 24.3 Å². The molecule has 1 atom stereocenters. The Balaban J connectivity index is 2.48. The molecule has 1 aromatic rings. The molecule has 1 rings (SSSR count). The smallest absolute Gasteiger partial charge is 0.0509 e. The molecule has 19 heavy (non-hydrogen) atoms. The van der Waals surface area contributed by atoms with E-state index in [1.807, 2.05) is 25.1 Å². The summed E-state index contributed by atoms with van der Waals surface area (Å²) in [6.07, 6.45) is 1.01. The summed E-state index contributed by atoms with van der Waals surface area (Å²) in [7, 11) is 0. The fourth-order valence-electron chi connectivity index (χ4n) is 2.05. The second-order valence-corrected chi connectivity index (χ2v) is 5.85. The molecule has 0 amide bonds. The summed E-state index contributed by atoms with van der Waals surface area (Å²) in [6.45, 7) is 10.1. The standard InChI is InChI=1S/C16H26ClNO/c1-4-19-12-15(11-18-10-13(2)3)8-14-6-5-7-16(17)9-14/h5-7,9,13,15,18H,4,8,10-12H2,1-3H3. The Morgan fingerprint density at radius 3 is 2.68 bits per heavy atom. The fraction of sp³-hybridized carbons (Fsp3) is 0.625. The summed E-state index contributed by atoms with van der Waals surface area (Å²) in [5, 5.41) is 4.32. The molecule has 0 saturated carbocycles. The highest BCUT2D eigenvalue weighted by Crippen LogP contribution is 2.15. The van der Waals surface area contributed by atoms with Crippen LogP contribution in [0.4, 0.5) is 0 Å². The average Bonchev–Trinajstić information content (AvgIpc) is 2.35. The van der Waals surface area contributed by atoms with Gasteiger partial charge in [-0.05, 0) is 49.4 Å². The molecule has 1 unspecified atom stereocenters. The summed E-state index contributed by atoms with van der Waals surface area (Å²) in [5.41, 5.74) is 1.28. The van der Waals surface area contributed by atoms with E-state index >= 15 is 0 Å². The first-order valence-electron chi connectivity index (χ1n) is 7.14. The third-order valence-corrected chi connectivity index (χ3v) is 3.19. The van der Waals surface area contributed by atoms with Crippen molar-refractivity contribution in [1.82, 2.24) is 5.32 Å². The zero-order valence-corrected chi connectivity index (χ0v) is 13.0. The summed E-state index contributed by atoms with van der Waals surface area (Å²) >= 11 is 6.03. The first-order chi connectivity index (χ1) is 9.11. The Morgan fingerprint density at radius 2 is 2.05 bits per heavy atom. The van der Waals surface area contributed by atoms with Gasteiger partial charge in [0.15, 0.2) is 0 Å². The minimum Gasteiger partial charge on any atom is -0.381 e. The Hall–Kier alpha value is -0.570. The third kappa shape index (κ3) is 7.56. The lowest BCUT2D eigenvalue weighted by Gasteiger charge is -2.18. The fourth-order valence-corrected chi connectivity index (χ4v) is 2.26.